The van der Waals surface area contributed by atoms with Crippen molar-refractivity contribution in [3.05, 3.63) is 59.2 Å². The topological polar surface area (TPSA) is 82.9 Å². The summed E-state index contributed by atoms with van der Waals surface area (Å²) < 4.78 is 4.04. The van der Waals surface area contributed by atoms with Crippen molar-refractivity contribution in [2.45, 2.75) is 64.3 Å². The third-order valence-electron chi connectivity index (χ3n) is 8.15. The Labute approximate surface area is 209 Å². The lowest BCUT2D eigenvalue weighted by Gasteiger charge is -2.55. The fraction of sp³-hybridized carbons (Fsp3) is 0.444. The van der Waals surface area contributed by atoms with E-state index >= 15 is 0 Å². The Morgan fingerprint density at radius 3 is 2.89 bits per heavy atom. The van der Waals surface area contributed by atoms with E-state index in [1.165, 1.54) is 5.56 Å². The standard InChI is InChI=1S/C27H30N6OS/c1-3-27-12-7-13-31(18-28)25(27)24-20(11-14-32-16-21(29-30-32)23-10-6-15-35-23)19-8-4-5-9-22(19)33(24)26(2,34)17-27/h4-6,8-10,15-16,25,34H,3,7,11-14,17H2,1-2H3/t25-,26-,27+/m1/s1. The predicted molar refractivity (Wildman–Crippen MR) is 136 cm³/mol. The maximum Gasteiger partial charge on any atom is 0.179 e. The van der Waals surface area contributed by atoms with Gasteiger partial charge in [0.05, 0.1) is 22.6 Å². The van der Waals surface area contributed by atoms with Gasteiger partial charge in [-0.1, -0.05) is 36.4 Å². The molecule has 0 radical (unpaired) electrons. The third-order valence-corrected chi connectivity index (χ3v) is 9.04. The monoisotopic (exact) mass is 486 g/mol. The quantitative estimate of drug-likeness (QED) is 0.388. The normalized spacial score (nSPS) is 25.9. The van der Waals surface area contributed by atoms with Crippen LogP contribution in [0.15, 0.2) is 48.0 Å². The zero-order valence-corrected chi connectivity index (χ0v) is 21.0. The lowest BCUT2D eigenvalue weighted by molar-refractivity contribution is -0.122. The molecule has 8 heteroatoms. The minimum atomic E-state index is -1.02. The van der Waals surface area contributed by atoms with Gasteiger partial charge in [0.1, 0.15) is 11.4 Å². The van der Waals surface area contributed by atoms with Crippen LogP contribution >= 0.6 is 11.3 Å². The number of nitrogens with zero attached hydrogens (tertiary/aromatic N) is 6. The van der Waals surface area contributed by atoms with E-state index in [1.54, 1.807) is 11.3 Å². The van der Waals surface area contributed by atoms with E-state index in [9.17, 15) is 10.4 Å². The molecular formula is C27H30N6OS. The minimum absolute atomic E-state index is 0.0358. The van der Waals surface area contributed by atoms with Gasteiger partial charge in [-0.3, -0.25) is 4.68 Å². The van der Waals surface area contributed by atoms with Gasteiger partial charge in [0.2, 0.25) is 0 Å². The van der Waals surface area contributed by atoms with Crippen LogP contribution in [0.5, 0.6) is 0 Å². The average Bonchev–Trinajstić information content (AvgIpc) is 3.61. The van der Waals surface area contributed by atoms with Crippen LogP contribution in [0.25, 0.3) is 21.5 Å². The fourth-order valence-corrected chi connectivity index (χ4v) is 7.41. The summed E-state index contributed by atoms with van der Waals surface area (Å²) in [5.74, 6) is 0. The third kappa shape index (κ3) is 3.40. The number of thiophene rings is 1. The van der Waals surface area contributed by atoms with Crippen LogP contribution in [0.1, 0.15) is 56.8 Å². The number of piperidine rings is 1. The lowest BCUT2D eigenvalue weighted by atomic mass is 9.63. The molecule has 3 aromatic heterocycles. The Hall–Kier alpha value is -3.15. The van der Waals surface area contributed by atoms with Gasteiger partial charge >= 0.3 is 0 Å². The number of aromatic nitrogens is 4. The average molecular weight is 487 g/mol. The van der Waals surface area contributed by atoms with E-state index in [1.807, 2.05) is 40.2 Å². The molecule has 4 aromatic rings. The van der Waals surface area contributed by atoms with E-state index in [2.05, 4.69) is 52.3 Å². The maximum atomic E-state index is 11.9. The summed E-state index contributed by atoms with van der Waals surface area (Å²) in [6.45, 7) is 5.60. The van der Waals surface area contributed by atoms with Crippen LogP contribution in [0.3, 0.4) is 0 Å². The Morgan fingerprint density at radius 2 is 2.11 bits per heavy atom. The smallest absolute Gasteiger partial charge is 0.179 e. The molecule has 7 nitrogen and oxygen atoms in total. The summed E-state index contributed by atoms with van der Waals surface area (Å²) in [6, 6.07) is 12.4. The number of para-hydroxylation sites is 1. The largest absolute Gasteiger partial charge is 0.371 e. The number of hydrogen-bond acceptors (Lipinski definition) is 6. The summed E-state index contributed by atoms with van der Waals surface area (Å²) >= 11 is 1.66. The van der Waals surface area contributed by atoms with Crippen molar-refractivity contribution in [3.63, 3.8) is 0 Å². The molecule has 0 saturated carbocycles. The van der Waals surface area contributed by atoms with E-state index in [0.29, 0.717) is 13.0 Å². The zero-order chi connectivity index (χ0) is 24.2. The van der Waals surface area contributed by atoms with Gasteiger partial charge < -0.3 is 14.6 Å². The van der Waals surface area contributed by atoms with Crippen LogP contribution < -0.4 is 0 Å². The fourth-order valence-electron chi connectivity index (χ4n) is 6.74. The highest BCUT2D eigenvalue weighted by atomic mass is 32.1. The molecule has 1 saturated heterocycles. The highest BCUT2D eigenvalue weighted by Gasteiger charge is 2.55. The van der Waals surface area contributed by atoms with E-state index in [4.69, 9.17) is 0 Å². The SMILES string of the molecule is CC[C@@]12CCCN(C#N)[C@@H]1c1c(CCn3cc(-c4cccs4)nn3)c3ccccc3n1[C@](C)(O)C2. The molecule has 1 aromatic carbocycles. The van der Waals surface area contributed by atoms with E-state index in [0.717, 1.165) is 59.4 Å². The lowest BCUT2D eigenvalue weighted by Crippen LogP contribution is -2.54. The van der Waals surface area contributed by atoms with E-state index < -0.39 is 5.72 Å². The minimum Gasteiger partial charge on any atom is -0.371 e. The number of fused-ring (bicyclic) bond motifs is 5. The van der Waals surface area contributed by atoms with Gasteiger partial charge in [0, 0.05) is 36.0 Å². The number of likely N-dealkylation sites (tertiary alicyclic amines) is 1. The molecule has 1 fully saturated rings. The Bertz CT molecular complexity index is 1410. The van der Waals surface area contributed by atoms with Crippen molar-refractivity contribution in [2.24, 2.45) is 5.41 Å². The van der Waals surface area contributed by atoms with Crippen LogP contribution in [0.4, 0.5) is 0 Å². The number of benzene rings is 1. The van der Waals surface area contributed by atoms with Crippen molar-refractivity contribution in [1.29, 1.82) is 5.26 Å². The molecule has 5 heterocycles. The highest BCUT2D eigenvalue weighted by Crippen LogP contribution is 2.59. The molecule has 180 valence electrons. The molecule has 2 aliphatic heterocycles. The molecule has 1 N–H and O–H groups in total. The van der Waals surface area contributed by atoms with Crippen molar-refractivity contribution in [3.8, 4) is 16.8 Å². The Kier molecular flexibility index (Phi) is 5.24. The molecule has 3 atom stereocenters. The summed E-state index contributed by atoms with van der Waals surface area (Å²) in [5, 5.41) is 34.0. The van der Waals surface area contributed by atoms with Gasteiger partial charge in [-0.2, -0.15) is 5.26 Å². The Balaban J connectivity index is 1.48. The van der Waals surface area contributed by atoms with E-state index in [-0.39, 0.29) is 11.5 Å². The van der Waals surface area contributed by atoms with Gasteiger partial charge in [-0.15, -0.1) is 16.4 Å². The van der Waals surface area contributed by atoms with Crippen molar-refractivity contribution < 1.29 is 5.11 Å². The van der Waals surface area contributed by atoms with Crippen molar-refractivity contribution in [2.75, 3.05) is 6.54 Å². The first kappa shape index (κ1) is 22.3. The number of nitriles is 1. The molecule has 0 amide bonds. The second-order valence-corrected chi connectivity index (χ2v) is 11.2. The van der Waals surface area contributed by atoms with Gasteiger partial charge in [0.25, 0.3) is 0 Å². The van der Waals surface area contributed by atoms with Gasteiger partial charge in [-0.25, -0.2) is 0 Å². The van der Waals surface area contributed by atoms with Gasteiger partial charge in [0.15, 0.2) is 6.19 Å². The first-order chi connectivity index (χ1) is 17.0. The molecule has 0 bridgehead atoms. The molecule has 0 aliphatic carbocycles. The molecule has 0 spiro atoms. The number of aliphatic hydroxyl groups is 1. The highest BCUT2D eigenvalue weighted by molar-refractivity contribution is 7.13. The first-order valence-electron chi connectivity index (χ1n) is 12.4. The predicted octanol–water partition coefficient (Wildman–Crippen LogP) is 5.29. The molecule has 35 heavy (non-hydrogen) atoms. The molecular weight excluding hydrogens is 456 g/mol. The number of hydrogen-bond donors (Lipinski definition) is 1. The van der Waals surface area contributed by atoms with Crippen LogP contribution in [-0.2, 0) is 18.7 Å². The second kappa shape index (κ2) is 8.21. The van der Waals surface area contributed by atoms with Crippen LogP contribution in [0.2, 0.25) is 0 Å². The summed E-state index contributed by atoms with van der Waals surface area (Å²) in [6.07, 6.45) is 8.85. The maximum absolute atomic E-state index is 11.9. The summed E-state index contributed by atoms with van der Waals surface area (Å²) in [4.78, 5) is 3.08. The van der Waals surface area contributed by atoms with Crippen LogP contribution in [-0.4, -0.2) is 36.1 Å². The second-order valence-electron chi connectivity index (χ2n) is 10.2. The summed E-state index contributed by atoms with van der Waals surface area (Å²) in [5.41, 5.74) is 3.09. The van der Waals surface area contributed by atoms with Crippen LogP contribution in [0, 0.1) is 16.9 Å². The van der Waals surface area contributed by atoms with Crippen molar-refractivity contribution >= 4 is 22.2 Å². The Morgan fingerprint density at radius 1 is 1.26 bits per heavy atom. The molecule has 6 rings (SSSR count). The first-order valence-corrected chi connectivity index (χ1v) is 13.3. The molecule has 2 aliphatic rings. The van der Waals surface area contributed by atoms with Gasteiger partial charge in [-0.05, 0) is 55.7 Å². The summed E-state index contributed by atoms with van der Waals surface area (Å²) in [7, 11) is 0. The van der Waals surface area contributed by atoms with Crippen molar-refractivity contribution in [1.82, 2.24) is 24.5 Å². The number of rotatable bonds is 5. The zero-order valence-electron chi connectivity index (χ0n) is 20.2. The molecule has 0 unspecified atom stereocenters. The number of aryl methyl sites for hydroxylation is 2.